The predicted octanol–water partition coefficient (Wildman–Crippen LogP) is 2.73. The van der Waals surface area contributed by atoms with Crippen molar-refractivity contribution in [2.45, 2.75) is 10.2 Å². The summed E-state index contributed by atoms with van der Waals surface area (Å²) in [5, 5.41) is 1.56. The zero-order valence-corrected chi connectivity index (χ0v) is 10.9. The average Bonchev–Trinajstić information content (AvgIpc) is 2.31. The monoisotopic (exact) mass is 288 g/mol. The molecule has 2 aromatic heterocycles. The highest BCUT2D eigenvalue weighted by atomic mass is 35.5. The first-order valence-corrected chi connectivity index (χ1v) is 6.00. The number of pyridine rings is 1. The van der Waals surface area contributed by atoms with Gasteiger partial charge < -0.3 is 4.74 Å². The molecule has 0 aliphatic heterocycles. The van der Waals surface area contributed by atoms with E-state index in [9.17, 15) is 0 Å². The molecule has 0 N–H and O–H groups in total. The summed E-state index contributed by atoms with van der Waals surface area (Å²) in [4.78, 5) is 15.8. The fourth-order valence-electron chi connectivity index (χ4n) is 0.984. The van der Waals surface area contributed by atoms with Gasteiger partial charge in [-0.25, -0.2) is 4.98 Å². The first kappa shape index (κ1) is 12.3. The van der Waals surface area contributed by atoms with Gasteiger partial charge in [-0.1, -0.05) is 11.6 Å². The number of hydrogen-bond acceptors (Lipinski definition) is 6. The summed E-state index contributed by atoms with van der Waals surface area (Å²) in [6.07, 6.45) is 1.63. The number of methoxy groups -OCH3 is 1. The van der Waals surface area contributed by atoms with Crippen molar-refractivity contribution in [1.82, 2.24) is 19.9 Å². The van der Waals surface area contributed by atoms with Crippen molar-refractivity contribution < 1.29 is 4.74 Å². The lowest BCUT2D eigenvalue weighted by Gasteiger charge is -2.03. The zero-order valence-electron chi connectivity index (χ0n) is 8.59. The van der Waals surface area contributed by atoms with E-state index in [1.54, 1.807) is 18.3 Å². The molecular weight excluding hydrogens is 283 g/mol. The van der Waals surface area contributed by atoms with Crippen LogP contribution in [0.1, 0.15) is 0 Å². The Labute approximate surface area is 112 Å². The minimum atomic E-state index is 0.0615. The lowest BCUT2D eigenvalue weighted by molar-refractivity contribution is 0.373. The predicted molar refractivity (Wildman–Crippen MR) is 64.8 cm³/mol. The quantitative estimate of drug-likeness (QED) is 0.865. The molecule has 0 radical (unpaired) electrons. The minimum Gasteiger partial charge on any atom is -0.467 e. The van der Waals surface area contributed by atoms with Crippen LogP contribution in [0.2, 0.25) is 10.3 Å². The number of nitrogens with zero attached hydrogens (tertiary/aromatic N) is 4. The van der Waals surface area contributed by atoms with Crippen LogP contribution < -0.4 is 4.74 Å². The van der Waals surface area contributed by atoms with Crippen molar-refractivity contribution in [3.05, 3.63) is 28.6 Å². The van der Waals surface area contributed by atoms with Crippen LogP contribution in [0.15, 0.2) is 28.5 Å². The summed E-state index contributed by atoms with van der Waals surface area (Å²) in [5.74, 6) is 0. The van der Waals surface area contributed by atoms with Crippen LogP contribution in [0.5, 0.6) is 6.01 Å². The van der Waals surface area contributed by atoms with Gasteiger partial charge in [-0.05, 0) is 35.5 Å². The molecule has 8 heteroatoms. The zero-order chi connectivity index (χ0) is 12.3. The Morgan fingerprint density at radius 1 is 1.24 bits per heavy atom. The Balaban J connectivity index is 2.30. The standard InChI is InChI=1S/C9H6Cl2N4OS/c1-16-8-13-7(11)14-9(15-8)17-6-5(10)3-2-4-12-6/h2-4H,1H3. The molecule has 17 heavy (non-hydrogen) atoms. The highest BCUT2D eigenvalue weighted by Crippen LogP contribution is 2.29. The van der Waals surface area contributed by atoms with Crippen molar-refractivity contribution in [3.8, 4) is 6.01 Å². The summed E-state index contributed by atoms with van der Waals surface area (Å²) in [6.45, 7) is 0. The summed E-state index contributed by atoms with van der Waals surface area (Å²) in [7, 11) is 1.45. The Kier molecular flexibility index (Phi) is 3.98. The van der Waals surface area contributed by atoms with Crippen LogP contribution in [-0.2, 0) is 0 Å². The van der Waals surface area contributed by atoms with E-state index in [1.807, 2.05) is 0 Å². The SMILES string of the molecule is COc1nc(Cl)nc(Sc2ncccc2Cl)n1. The van der Waals surface area contributed by atoms with Crippen molar-refractivity contribution in [3.63, 3.8) is 0 Å². The normalized spacial score (nSPS) is 10.3. The van der Waals surface area contributed by atoms with E-state index in [2.05, 4.69) is 19.9 Å². The third-order valence-electron chi connectivity index (χ3n) is 1.66. The number of ether oxygens (including phenoxy) is 1. The maximum absolute atomic E-state index is 5.97. The van der Waals surface area contributed by atoms with E-state index in [-0.39, 0.29) is 11.3 Å². The maximum atomic E-state index is 5.97. The maximum Gasteiger partial charge on any atom is 0.321 e. The Hall–Kier alpha value is -1.11. The second-order valence-electron chi connectivity index (χ2n) is 2.77. The fourth-order valence-corrected chi connectivity index (χ4v) is 2.13. The molecule has 0 aromatic carbocycles. The molecule has 0 bridgehead atoms. The van der Waals surface area contributed by atoms with Gasteiger partial charge in [-0.3, -0.25) is 0 Å². The molecular formula is C9H6Cl2N4OS. The molecule has 88 valence electrons. The van der Waals surface area contributed by atoms with Crippen LogP contribution in [0, 0.1) is 0 Å². The highest BCUT2D eigenvalue weighted by molar-refractivity contribution is 7.99. The molecule has 0 amide bonds. The first-order chi connectivity index (χ1) is 8.19. The molecule has 5 nitrogen and oxygen atoms in total. The highest BCUT2D eigenvalue weighted by Gasteiger charge is 2.09. The van der Waals surface area contributed by atoms with Gasteiger partial charge in [0.2, 0.25) is 10.4 Å². The summed E-state index contributed by atoms with van der Waals surface area (Å²) < 4.78 is 4.89. The summed E-state index contributed by atoms with van der Waals surface area (Å²) >= 11 is 12.9. The van der Waals surface area contributed by atoms with Crippen molar-refractivity contribution in [1.29, 1.82) is 0 Å². The van der Waals surface area contributed by atoms with E-state index < -0.39 is 0 Å². The molecule has 0 saturated carbocycles. The lowest BCUT2D eigenvalue weighted by Crippen LogP contribution is -1.97. The second-order valence-corrected chi connectivity index (χ2v) is 4.47. The molecule has 0 spiro atoms. The van der Waals surface area contributed by atoms with Crippen LogP contribution in [0.25, 0.3) is 0 Å². The van der Waals surface area contributed by atoms with Crippen molar-refractivity contribution >= 4 is 35.0 Å². The number of halogens is 2. The molecule has 2 aromatic rings. The Bertz CT molecular complexity index is 540. The molecule has 0 saturated heterocycles. The van der Waals surface area contributed by atoms with Gasteiger partial charge in [0.15, 0.2) is 0 Å². The van der Waals surface area contributed by atoms with Crippen molar-refractivity contribution in [2.24, 2.45) is 0 Å². The van der Waals surface area contributed by atoms with E-state index in [0.717, 1.165) is 0 Å². The molecule has 0 atom stereocenters. The number of rotatable bonds is 3. The number of hydrogen-bond donors (Lipinski definition) is 0. The van der Waals surface area contributed by atoms with Crippen LogP contribution in [0.4, 0.5) is 0 Å². The topological polar surface area (TPSA) is 60.8 Å². The second kappa shape index (κ2) is 5.48. The smallest absolute Gasteiger partial charge is 0.321 e. The third-order valence-corrected chi connectivity index (χ3v) is 3.13. The van der Waals surface area contributed by atoms with Gasteiger partial charge >= 0.3 is 6.01 Å². The Morgan fingerprint density at radius 3 is 2.76 bits per heavy atom. The summed E-state index contributed by atoms with van der Waals surface area (Å²) in [5.41, 5.74) is 0. The van der Waals surface area contributed by atoms with E-state index in [0.29, 0.717) is 15.2 Å². The van der Waals surface area contributed by atoms with Crippen molar-refractivity contribution in [2.75, 3.05) is 7.11 Å². The molecule has 0 unspecified atom stereocenters. The van der Waals surface area contributed by atoms with Gasteiger partial charge in [-0.2, -0.15) is 15.0 Å². The molecule has 2 rings (SSSR count). The lowest BCUT2D eigenvalue weighted by atomic mass is 10.5. The van der Waals surface area contributed by atoms with E-state index in [4.69, 9.17) is 27.9 Å². The molecule has 2 heterocycles. The van der Waals surface area contributed by atoms with Crippen LogP contribution >= 0.6 is 35.0 Å². The van der Waals surface area contributed by atoms with Crippen LogP contribution in [0.3, 0.4) is 0 Å². The summed E-state index contributed by atoms with van der Waals surface area (Å²) in [6, 6.07) is 3.63. The first-order valence-electron chi connectivity index (χ1n) is 4.43. The van der Waals surface area contributed by atoms with Gasteiger partial charge in [-0.15, -0.1) is 0 Å². The fraction of sp³-hybridized carbons (Fsp3) is 0.111. The largest absolute Gasteiger partial charge is 0.467 e. The van der Waals surface area contributed by atoms with Gasteiger partial charge in [0.25, 0.3) is 0 Å². The third kappa shape index (κ3) is 3.18. The average molecular weight is 289 g/mol. The van der Waals surface area contributed by atoms with E-state index in [1.165, 1.54) is 18.9 Å². The van der Waals surface area contributed by atoms with Crippen LogP contribution in [-0.4, -0.2) is 27.0 Å². The van der Waals surface area contributed by atoms with Gasteiger partial charge in [0, 0.05) is 6.20 Å². The molecule has 0 aliphatic rings. The number of aromatic nitrogens is 4. The Morgan fingerprint density at radius 2 is 2.06 bits per heavy atom. The molecule has 0 aliphatic carbocycles. The van der Waals surface area contributed by atoms with Gasteiger partial charge in [0.1, 0.15) is 5.03 Å². The minimum absolute atomic E-state index is 0.0615. The van der Waals surface area contributed by atoms with E-state index >= 15 is 0 Å². The van der Waals surface area contributed by atoms with Gasteiger partial charge in [0.05, 0.1) is 12.1 Å². The molecule has 0 fully saturated rings.